The molecule has 9 heteroatoms. The van der Waals surface area contributed by atoms with Crippen molar-refractivity contribution in [3.05, 3.63) is 60.8 Å². The van der Waals surface area contributed by atoms with E-state index in [1.54, 1.807) is 0 Å². The molecule has 0 saturated heterocycles. The van der Waals surface area contributed by atoms with Crippen molar-refractivity contribution < 1.29 is 37.3 Å². The molecule has 8 nitrogen and oxygen atoms in total. The van der Waals surface area contributed by atoms with Crippen LogP contribution in [0.25, 0.3) is 0 Å². The Morgan fingerprint density at radius 2 is 1.33 bits per heavy atom. The number of carbonyl (C=O) groups excluding carboxylic acids is 1. The summed E-state index contributed by atoms with van der Waals surface area (Å²) in [5.41, 5.74) is 0. The molecule has 0 aromatic heterocycles. The predicted molar refractivity (Wildman–Crippen MR) is 159 cm³/mol. The fourth-order valence-corrected chi connectivity index (χ4v) is 3.79. The Bertz CT molecular complexity index is 813. The zero-order valence-corrected chi connectivity index (χ0v) is 25.7. The number of phosphoric ester groups is 1. The molecule has 0 fully saturated rings. The number of likely N-dealkylation sites (N-methyl/N-ethyl adjacent to an activating group) is 1. The summed E-state index contributed by atoms with van der Waals surface area (Å²) < 4.78 is 33.4. The summed E-state index contributed by atoms with van der Waals surface area (Å²) in [6.45, 7) is 4.34. The molecular formula is C30H53NO7P+. The SMILES string of the molecule is CC/C=C\C/C=C\C/C=C\C/C=C\C/C=C\CCCCOCC(COP(=O)(O)OCC[N+](C)(C)C)OC(C)=O. The predicted octanol–water partition coefficient (Wildman–Crippen LogP) is 6.70. The lowest BCUT2D eigenvalue weighted by atomic mass is 10.2. The molecule has 2 unspecified atom stereocenters. The monoisotopic (exact) mass is 570 g/mol. The summed E-state index contributed by atoms with van der Waals surface area (Å²) in [4.78, 5) is 21.2. The standard InChI is InChI=1S/C30H52NO7P/c1-6-7-8-9-10-11-12-13-14-15-16-17-18-19-20-21-22-23-25-35-27-30(38-29(2)32)28-37-39(33,34)36-26-24-31(3,4)5/h7-8,10-11,13-14,16-17,19-20,30H,6,9,12,15,18,21-28H2,1-5H3/p+1/b8-7-,11-10-,14-13-,17-16-,20-19-. The van der Waals surface area contributed by atoms with Crippen molar-refractivity contribution >= 4 is 13.8 Å². The molecule has 0 bridgehead atoms. The van der Waals surface area contributed by atoms with Crippen LogP contribution >= 0.6 is 7.82 Å². The van der Waals surface area contributed by atoms with Gasteiger partial charge in [0.25, 0.3) is 0 Å². The Hall–Kier alpha value is -1.80. The minimum absolute atomic E-state index is 0.0733. The smallest absolute Gasteiger partial charge is 0.458 e. The summed E-state index contributed by atoms with van der Waals surface area (Å²) in [5.74, 6) is -0.510. The number of carbonyl (C=O) groups is 1. The number of quaternary nitrogens is 1. The molecule has 0 aliphatic rings. The van der Waals surface area contributed by atoms with Crippen LogP contribution in [-0.2, 0) is 27.9 Å². The molecule has 0 aliphatic heterocycles. The number of hydrogen-bond acceptors (Lipinski definition) is 6. The number of esters is 1. The van der Waals surface area contributed by atoms with Crippen LogP contribution in [0.5, 0.6) is 0 Å². The number of allylic oxidation sites excluding steroid dienone is 10. The third-order valence-electron chi connectivity index (χ3n) is 5.14. The number of nitrogens with zero attached hydrogens (tertiary/aromatic N) is 1. The normalized spacial score (nSPS) is 15.3. The molecule has 224 valence electrons. The molecule has 0 spiro atoms. The first kappa shape index (κ1) is 37.2. The molecule has 0 saturated carbocycles. The number of hydrogen-bond donors (Lipinski definition) is 1. The van der Waals surface area contributed by atoms with Crippen molar-refractivity contribution in [1.82, 2.24) is 0 Å². The Labute approximate surface area is 237 Å². The van der Waals surface area contributed by atoms with E-state index in [-0.39, 0.29) is 19.8 Å². The third-order valence-corrected chi connectivity index (χ3v) is 6.13. The van der Waals surface area contributed by atoms with E-state index in [1.807, 2.05) is 21.1 Å². The van der Waals surface area contributed by atoms with Crippen LogP contribution in [0.3, 0.4) is 0 Å². The summed E-state index contributed by atoms with van der Waals surface area (Å²) >= 11 is 0. The van der Waals surface area contributed by atoms with E-state index < -0.39 is 19.9 Å². The van der Waals surface area contributed by atoms with Crippen LogP contribution in [0.15, 0.2) is 60.8 Å². The van der Waals surface area contributed by atoms with Crippen LogP contribution < -0.4 is 0 Å². The lowest BCUT2D eigenvalue weighted by Gasteiger charge is -2.24. The molecule has 0 radical (unpaired) electrons. The molecule has 39 heavy (non-hydrogen) atoms. The van der Waals surface area contributed by atoms with Crippen molar-refractivity contribution in [2.75, 3.05) is 54.1 Å². The first-order valence-corrected chi connectivity index (χ1v) is 15.5. The van der Waals surface area contributed by atoms with Gasteiger partial charge in [-0.15, -0.1) is 0 Å². The van der Waals surface area contributed by atoms with Gasteiger partial charge >= 0.3 is 13.8 Å². The topological polar surface area (TPSA) is 91.3 Å². The molecular weight excluding hydrogens is 517 g/mol. The van der Waals surface area contributed by atoms with E-state index in [9.17, 15) is 14.3 Å². The average molecular weight is 571 g/mol. The van der Waals surface area contributed by atoms with Crippen molar-refractivity contribution in [3.8, 4) is 0 Å². The molecule has 0 aromatic rings. The number of ether oxygens (including phenoxy) is 2. The summed E-state index contributed by atoms with van der Waals surface area (Å²) in [6.07, 6.45) is 28.8. The first-order valence-electron chi connectivity index (χ1n) is 14.0. The Morgan fingerprint density at radius 1 is 0.795 bits per heavy atom. The molecule has 0 rings (SSSR count). The number of phosphoric acid groups is 1. The highest BCUT2D eigenvalue weighted by atomic mass is 31.2. The van der Waals surface area contributed by atoms with E-state index in [0.29, 0.717) is 17.6 Å². The van der Waals surface area contributed by atoms with Crippen LogP contribution in [0.1, 0.15) is 65.2 Å². The van der Waals surface area contributed by atoms with Crippen LogP contribution in [0.2, 0.25) is 0 Å². The molecule has 0 heterocycles. The van der Waals surface area contributed by atoms with Gasteiger partial charge in [0.2, 0.25) is 0 Å². The maximum absolute atomic E-state index is 12.1. The van der Waals surface area contributed by atoms with Gasteiger partial charge in [0.1, 0.15) is 19.3 Å². The Morgan fingerprint density at radius 3 is 1.85 bits per heavy atom. The first-order chi connectivity index (χ1) is 18.6. The van der Waals surface area contributed by atoms with Gasteiger partial charge in [0.15, 0.2) is 0 Å². The van der Waals surface area contributed by atoms with Crippen LogP contribution in [0.4, 0.5) is 0 Å². The molecule has 0 aromatic carbocycles. The van der Waals surface area contributed by atoms with Gasteiger partial charge in [0.05, 0.1) is 34.4 Å². The van der Waals surface area contributed by atoms with Gasteiger partial charge in [-0.2, -0.15) is 0 Å². The molecule has 0 amide bonds. The highest BCUT2D eigenvalue weighted by Crippen LogP contribution is 2.43. The summed E-state index contributed by atoms with van der Waals surface area (Å²) in [5, 5.41) is 0. The van der Waals surface area contributed by atoms with E-state index >= 15 is 0 Å². The lowest BCUT2D eigenvalue weighted by Crippen LogP contribution is -2.37. The van der Waals surface area contributed by atoms with Crippen molar-refractivity contribution in [2.24, 2.45) is 0 Å². The molecule has 0 aliphatic carbocycles. The highest BCUT2D eigenvalue weighted by Gasteiger charge is 2.25. The second-order valence-corrected chi connectivity index (χ2v) is 11.6. The van der Waals surface area contributed by atoms with Crippen molar-refractivity contribution in [2.45, 2.75) is 71.3 Å². The van der Waals surface area contributed by atoms with E-state index in [2.05, 4.69) is 67.7 Å². The largest absolute Gasteiger partial charge is 0.472 e. The van der Waals surface area contributed by atoms with Gasteiger partial charge in [-0.05, 0) is 51.4 Å². The van der Waals surface area contributed by atoms with Gasteiger partial charge in [-0.25, -0.2) is 4.57 Å². The second kappa shape index (κ2) is 24.0. The van der Waals surface area contributed by atoms with Gasteiger partial charge in [0, 0.05) is 13.5 Å². The Balaban J connectivity index is 3.94. The zero-order valence-electron chi connectivity index (χ0n) is 24.8. The van der Waals surface area contributed by atoms with Crippen molar-refractivity contribution in [1.29, 1.82) is 0 Å². The van der Waals surface area contributed by atoms with Crippen LogP contribution in [-0.4, -0.2) is 75.6 Å². The third kappa shape index (κ3) is 29.0. The van der Waals surface area contributed by atoms with E-state index in [0.717, 1.165) is 51.4 Å². The maximum Gasteiger partial charge on any atom is 0.472 e. The second-order valence-electron chi connectivity index (χ2n) is 10.1. The highest BCUT2D eigenvalue weighted by molar-refractivity contribution is 7.47. The van der Waals surface area contributed by atoms with Crippen LogP contribution in [0, 0.1) is 0 Å². The maximum atomic E-state index is 12.1. The summed E-state index contributed by atoms with van der Waals surface area (Å²) in [7, 11) is 1.61. The van der Waals surface area contributed by atoms with E-state index in [4.69, 9.17) is 18.5 Å². The van der Waals surface area contributed by atoms with E-state index in [1.165, 1.54) is 6.92 Å². The lowest BCUT2D eigenvalue weighted by molar-refractivity contribution is -0.870. The van der Waals surface area contributed by atoms with Gasteiger partial charge in [-0.3, -0.25) is 13.8 Å². The number of rotatable bonds is 24. The Kier molecular flexibility index (Phi) is 22.9. The minimum Gasteiger partial charge on any atom is -0.458 e. The van der Waals surface area contributed by atoms with Gasteiger partial charge < -0.3 is 18.9 Å². The quantitative estimate of drug-likeness (QED) is 0.0454. The fourth-order valence-electron chi connectivity index (χ4n) is 3.05. The average Bonchev–Trinajstić information content (AvgIpc) is 2.84. The molecule has 1 N–H and O–H groups in total. The van der Waals surface area contributed by atoms with Gasteiger partial charge in [-0.1, -0.05) is 67.7 Å². The minimum atomic E-state index is -4.23. The molecule has 2 atom stereocenters. The fraction of sp³-hybridized carbons (Fsp3) is 0.633. The van der Waals surface area contributed by atoms with Crippen molar-refractivity contribution in [3.63, 3.8) is 0 Å². The zero-order chi connectivity index (χ0) is 29.2. The summed E-state index contributed by atoms with van der Waals surface area (Å²) in [6, 6.07) is 0. The number of unbranched alkanes of at least 4 members (excludes halogenated alkanes) is 2.